The van der Waals surface area contributed by atoms with E-state index in [9.17, 15) is 4.79 Å². The Labute approximate surface area is 175 Å². The number of carbonyl (C=O) groups is 1. The summed E-state index contributed by atoms with van der Waals surface area (Å²) in [5.74, 6) is 0.758. The molecular weight excluding hydrogens is 380 g/mol. The van der Waals surface area contributed by atoms with Crippen LogP contribution in [0.5, 0.6) is 0 Å². The van der Waals surface area contributed by atoms with E-state index in [-0.39, 0.29) is 5.91 Å². The van der Waals surface area contributed by atoms with Gasteiger partial charge in [-0.3, -0.25) is 9.69 Å². The van der Waals surface area contributed by atoms with E-state index in [0.29, 0.717) is 18.5 Å². The topological polar surface area (TPSA) is 50.2 Å². The number of nitrogens with zero attached hydrogens (tertiary/aromatic N) is 3. The predicted octanol–water partition coefficient (Wildman–Crippen LogP) is 4.50. The van der Waals surface area contributed by atoms with Crippen LogP contribution in [0.1, 0.15) is 40.7 Å². The Morgan fingerprint density at radius 3 is 2.76 bits per heavy atom. The number of aryl methyl sites for hydroxylation is 1. The van der Waals surface area contributed by atoms with Crippen molar-refractivity contribution in [2.75, 3.05) is 18.4 Å². The average molecular weight is 407 g/mol. The van der Waals surface area contributed by atoms with Crippen molar-refractivity contribution in [3.63, 3.8) is 0 Å². The summed E-state index contributed by atoms with van der Waals surface area (Å²) in [5.41, 5.74) is 5.09. The molecule has 1 aromatic carbocycles. The lowest BCUT2D eigenvalue weighted by Gasteiger charge is -2.35. The molecule has 1 fully saturated rings. The number of para-hydroxylation sites is 1. The smallest absolute Gasteiger partial charge is 0.238 e. The van der Waals surface area contributed by atoms with Crippen LogP contribution in [0.15, 0.2) is 41.8 Å². The Hall–Kier alpha value is -2.44. The number of rotatable bonds is 5. The highest BCUT2D eigenvalue weighted by Gasteiger charge is 2.40. The second kappa shape index (κ2) is 7.43. The van der Waals surface area contributed by atoms with Crippen LogP contribution in [0.2, 0.25) is 0 Å². The van der Waals surface area contributed by atoms with E-state index < -0.39 is 0 Å². The highest BCUT2D eigenvalue weighted by Crippen LogP contribution is 2.48. The van der Waals surface area contributed by atoms with E-state index >= 15 is 0 Å². The van der Waals surface area contributed by atoms with Crippen LogP contribution in [0.4, 0.5) is 5.69 Å². The van der Waals surface area contributed by atoms with E-state index in [0.717, 1.165) is 35.7 Å². The molecule has 29 heavy (non-hydrogen) atoms. The van der Waals surface area contributed by atoms with Crippen LogP contribution < -0.4 is 5.32 Å². The van der Waals surface area contributed by atoms with Gasteiger partial charge in [0.15, 0.2) is 0 Å². The molecule has 1 unspecified atom stereocenters. The third-order valence-electron chi connectivity index (χ3n) is 6.09. The minimum Gasteiger partial charge on any atom is -0.322 e. The van der Waals surface area contributed by atoms with E-state index in [2.05, 4.69) is 26.8 Å². The second-order valence-electron chi connectivity index (χ2n) is 8.14. The molecular formula is C23H26N4OS. The van der Waals surface area contributed by atoms with Gasteiger partial charge in [0, 0.05) is 17.5 Å². The van der Waals surface area contributed by atoms with Crippen molar-refractivity contribution >= 4 is 22.9 Å². The van der Waals surface area contributed by atoms with Crippen molar-refractivity contribution in [2.24, 2.45) is 5.92 Å². The monoisotopic (exact) mass is 406 g/mol. The summed E-state index contributed by atoms with van der Waals surface area (Å²) < 4.78 is 1.90. The van der Waals surface area contributed by atoms with E-state index in [1.165, 1.54) is 23.3 Å². The number of thiophene rings is 1. The number of fused-ring (bicyclic) bond motifs is 1. The molecule has 1 amide bonds. The van der Waals surface area contributed by atoms with Crippen molar-refractivity contribution in [1.82, 2.24) is 14.7 Å². The number of nitrogens with one attached hydrogen (secondary N) is 1. The molecule has 2 aliphatic rings. The first-order chi connectivity index (χ1) is 14.1. The van der Waals surface area contributed by atoms with E-state index in [1.54, 1.807) is 0 Å². The van der Waals surface area contributed by atoms with Crippen LogP contribution in [-0.2, 0) is 11.2 Å². The zero-order valence-corrected chi connectivity index (χ0v) is 17.7. The predicted molar refractivity (Wildman–Crippen MR) is 117 cm³/mol. The quantitative estimate of drug-likeness (QED) is 0.679. The Kier molecular flexibility index (Phi) is 4.76. The fourth-order valence-corrected chi connectivity index (χ4v) is 5.46. The Bertz CT molecular complexity index is 1030. The average Bonchev–Trinajstić information content (AvgIpc) is 3.38. The molecule has 150 valence electrons. The lowest BCUT2D eigenvalue weighted by molar-refractivity contribution is -0.118. The van der Waals surface area contributed by atoms with Crippen LogP contribution in [-0.4, -0.2) is 33.7 Å². The first kappa shape index (κ1) is 18.6. The first-order valence-electron chi connectivity index (χ1n) is 10.3. The van der Waals surface area contributed by atoms with Gasteiger partial charge in [-0.1, -0.05) is 18.2 Å². The summed E-state index contributed by atoms with van der Waals surface area (Å²) in [6.07, 6.45) is 3.60. The van der Waals surface area contributed by atoms with Gasteiger partial charge in [-0.05, 0) is 68.2 Å². The number of benzene rings is 1. The molecule has 5 rings (SSSR count). The van der Waals surface area contributed by atoms with Gasteiger partial charge in [-0.2, -0.15) is 5.10 Å². The fourth-order valence-electron chi connectivity index (χ4n) is 4.55. The number of carbonyl (C=O) groups excluding carboxylic acids is 1. The second-order valence-corrected chi connectivity index (χ2v) is 9.14. The van der Waals surface area contributed by atoms with Gasteiger partial charge in [0.05, 0.1) is 29.3 Å². The molecule has 5 nitrogen and oxygen atoms in total. The maximum absolute atomic E-state index is 13.0. The maximum Gasteiger partial charge on any atom is 0.238 e. The molecule has 1 saturated carbocycles. The number of amides is 1. The summed E-state index contributed by atoms with van der Waals surface area (Å²) in [6, 6.07) is 12.7. The Balaban J connectivity index is 1.33. The van der Waals surface area contributed by atoms with Crippen LogP contribution in [0.25, 0.3) is 5.69 Å². The molecule has 1 aliphatic heterocycles. The third kappa shape index (κ3) is 3.51. The zero-order valence-electron chi connectivity index (χ0n) is 16.9. The minimum absolute atomic E-state index is 0.0492. The molecule has 6 heteroatoms. The highest BCUT2D eigenvalue weighted by molar-refractivity contribution is 7.10. The SMILES string of the molecule is Cc1nn(-c2ccccc2)c(C)c1NC(=O)CN1CCc2sccc2C1C1CC1. The van der Waals surface area contributed by atoms with Gasteiger partial charge in [0.1, 0.15) is 0 Å². The molecule has 0 saturated heterocycles. The number of anilines is 1. The van der Waals surface area contributed by atoms with Crippen molar-refractivity contribution in [3.05, 3.63) is 63.6 Å². The summed E-state index contributed by atoms with van der Waals surface area (Å²) in [6.45, 7) is 5.36. The third-order valence-corrected chi connectivity index (χ3v) is 7.09. The van der Waals surface area contributed by atoms with E-state index in [1.807, 2.05) is 60.2 Å². The molecule has 2 aromatic heterocycles. The number of hydrogen-bond donors (Lipinski definition) is 1. The summed E-state index contributed by atoms with van der Waals surface area (Å²) in [4.78, 5) is 16.9. The van der Waals surface area contributed by atoms with Crippen molar-refractivity contribution < 1.29 is 4.79 Å². The summed E-state index contributed by atoms with van der Waals surface area (Å²) >= 11 is 1.86. The molecule has 1 atom stereocenters. The molecule has 3 heterocycles. The lowest BCUT2D eigenvalue weighted by atomic mass is 9.96. The van der Waals surface area contributed by atoms with E-state index in [4.69, 9.17) is 0 Å². The molecule has 1 N–H and O–H groups in total. The van der Waals surface area contributed by atoms with Gasteiger partial charge < -0.3 is 5.32 Å². The molecule has 0 bridgehead atoms. The Morgan fingerprint density at radius 1 is 1.21 bits per heavy atom. The van der Waals surface area contributed by atoms with Gasteiger partial charge in [0.25, 0.3) is 0 Å². The summed E-state index contributed by atoms with van der Waals surface area (Å²) in [7, 11) is 0. The number of hydrogen-bond acceptors (Lipinski definition) is 4. The van der Waals surface area contributed by atoms with Gasteiger partial charge in [0.2, 0.25) is 5.91 Å². The lowest BCUT2D eigenvalue weighted by Crippen LogP contribution is -2.41. The largest absolute Gasteiger partial charge is 0.322 e. The van der Waals surface area contributed by atoms with Crippen molar-refractivity contribution in [3.8, 4) is 5.69 Å². The minimum atomic E-state index is 0.0492. The maximum atomic E-state index is 13.0. The van der Waals surface area contributed by atoms with Crippen LogP contribution >= 0.6 is 11.3 Å². The first-order valence-corrected chi connectivity index (χ1v) is 11.2. The molecule has 0 radical (unpaired) electrons. The summed E-state index contributed by atoms with van der Waals surface area (Å²) in [5, 5.41) is 10.0. The van der Waals surface area contributed by atoms with Crippen LogP contribution in [0, 0.1) is 19.8 Å². The molecule has 3 aromatic rings. The standard InChI is InChI=1S/C23H26N4OS/c1-15-22(16(2)27(25-15)18-6-4-3-5-7-18)24-21(28)14-26-12-10-20-19(11-13-29-20)23(26)17-8-9-17/h3-7,11,13,17,23H,8-10,12,14H2,1-2H3,(H,24,28). The van der Waals surface area contributed by atoms with Gasteiger partial charge in [-0.25, -0.2) is 4.68 Å². The zero-order chi connectivity index (χ0) is 20.0. The molecule has 1 aliphatic carbocycles. The number of aromatic nitrogens is 2. The van der Waals surface area contributed by atoms with Crippen LogP contribution in [0.3, 0.4) is 0 Å². The van der Waals surface area contributed by atoms with Crippen molar-refractivity contribution in [1.29, 1.82) is 0 Å². The van der Waals surface area contributed by atoms with Gasteiger partial charge >= 0.3 is 0 Å². The highest BCUT2D eigenvalue weighted by atomic mass is 32.1. The molecule has 0 spiro atoms. The van der Waals surface area contributed by atoms with Gasteiger partial charge in [-0.15, -0.1) is 11.3 Å². The Morgan fingerprint density at radius 2 is 2.00 bits per heavy atom. The van der Waals surface area contributed by atoms with Crippen molar-refractivity contribution in [2.45, 2.75) is 39.2 Å². The normalized spacial score (nSPS) is 19.2. The fraction of sp³-hybridized carbons (Fsp3) is 0.391.